The highest BCUT2D eigenvalue weighted by Crippen LogP contribution is 2.15. The van der Waals surface area contributed by atoms with Crippen molar-refractivity contribution < 1.29 is 9.53 Å². The van der Waals surface area contributed by atoms with Crippen LogP contribution >= 0.6 is 0 Å². The van der Waals surface area contributed by atoms with E-state index in [1.54, 1.807) is 0 Å². The fourth-order valence-corrected chi connectivity index (χ4v) is 1.46. The van der Waals surface area contributed by atoms with Crippen LogP contribution in [-0.4, -0.2) is 50.7 Å². The van der Waals surface area contributed by atoms with Crippen molar-refractivity contribution in [1.29, 1.82) is 0 Å². The van der Waals surface area contributed by atoms with Crippen molar-refractivity contribution in [3.05, 3.63) is 0 Å². The third-order valence-corrected chi connectivity index (χ3v) is 3.05. The van der Waals surface area contributed by atoms with Gasteiger partial charge in [0.05, 0.1) is 12.5 Å². The molecule has 0 aliphatic heterocycles. The molecule has 0 aliphatic carbocycles. The van der Waals surface area contributed by atoms with Crippen molar-refractivity contribution >= 4 is 5.97 Å². The van der Waals surface area contributed by atoms with Crippen LogP contribution in [0, 0.1) is 5.41 Å². The summed E-state index contributed by atoms with van der Waals surface area (Å²) in [7, 11) is 3.56. The Morgan fingerprint density at radius 2 is 2.00 bits per heavy atom. The lowest BCUT2D eigenvalue weighted by atomic mass is 9.94. The molecule has 0 aromatic heterocycles. The summed E-state index contributed by atoms with van der Waals surface area (Å²) >= 11 is 0. The predicted octanol–water partition coefficient (Wildman–Crippen LogP) is 1.51. The SMILES string of the molecule is COC(=O)C(C)(C)CNCCCN(C)C(C)C. The van der Waals surface area contributed by atoms with E-state index in [4.69, 9.17) is 4.74 Å². The van der Waals surface area contributed by atoms with E-state index in [1.165, 1.54) is 7.11 Å². The molecule has 0 bridgehead atoms. The maximum absolute atomic E-state index is 11.4. The van der Waals surface area contributed by atoms with Crippen LogP contribution in [0.2, 0.25) is 0 Å². The fraction of sp³-hybridized carbons (Fsp3) is 0.923. The molecule has 0 heterocycles. The Morgan fingerprint density at radius 1 is 1.41 bits per heavy atom. The Balaban J connectivity index is 3.68. The van der Waals surface area contributed by atoms with E-state index in [1.807, 2.05) is 13.8 Å². The van der Waals surface area contributed by atoms with Crippen molar-refractivity contribution in [1.82, 2.24) is 10.2 Å². The maximum Gasteiger partial charge on any atom is 0.312 e. The van der Waals surface area contributed by atoms with Gasteiger partial charge in [-0.25, -0.2) is 0 Å². The summed E-state index contributed by atoms with van der Waals surface area (Å²) in [5, 5.41) is 3.31. The van der Waals surface area contributed by atoms with Crippen LogP contribution < -0.4 is 5.32 Å². The molecule has 0 atom stereocenters. The topological polar surface area (TPSA) is 41.6 Å². The van der Waals surface area contributed by atoms with Gasteiger partial charge in [-0.05, 0) is 54.3 Å². The van der Waals surface area contributed by atoms with Crippen LogP contribution in [0.5, 0.6) is 0 Å². The van der Waals surface area contributed by atoms with Crippen molar-refractivity contribution in [2.75, 3.05) is 33.8 Å². The standard InChI is InChI=1S/C13H28N2O2/c1-11(2)15(5)9-7-8-14-10-13(3,4)12(16)17-6/h11,14H,7-10H2,1-6H3. The van der Waals surface area contributed by atoms with E-state index >= 15 is 0 Å². The van der Waals surface area contributed by atoms with Gasteiger partial charge in [0.15, 0.2) is 0 Å². The van der Waals surface area contributed by atoms with E-state index in [2.05, 4.69) is 31.1 Å². The summed E-state index contributed by atoms with van der Waals surface area (Å²) in [6.45, 7) is 10.8. The molecule has 0 spiro atoms. The van der Waals surface area contributed by atoms with Gasteiger partial charge in [0, 0.05) is 12.6 Å². The molecule has 17 heavy (non-hydrogen) atoms. The second kappa shape index (κ2) is 7.67. The minimum atomic E-state index is -0.446. The second-order valence-electron chi connectivity index (χ2n) is 5.48. The third-order valence-electron chi connectivity index (χ3n) is 3.05. The molecule has 102 valence electrons. The zero-order valence-electron chi connectivity index (χ0n) is 12.2. The molecule has 0 aromatic carbocycles. The molecule has 0 radical (unpaired) electrons. The molecule has 0 aliphatic rings. The number of hydrogen-bond acceptors (Lipinski definition) is 4. The average Bonchev–Trinajstić information content (AvgIpc) is 2.26. The summed E-state index contributed by atoms with van der Waals surface area (Å²) in [6.07, 6.45) is 1.09. The quantitative estimate of drug-likeness (QED) is 0.519. The highest BCUT2D eigenvalue weighted by Gasteiger charge is 2.27. The Labute approximate surface area is 106 Å². The second-order valence-corrected chi connectivity index (χ2v) is 5.48. The number of carbonyl (C=O) groups excluding carboxylic acids is 1. The molecule has 0 rings (SSSR count). The molecular weight excluding hydrogens is 216 g/mol. The van der Waals surface area contributed by atoms with E-state index in [0.717, 1.165) is 19.5 Å². The van der Waals surface area contributed by atoms with Gasteiger partial charge < -0.3 is 15.0 Å². The van der Waals surface area contributed by atoms with Gasteiger partial charge in [0.2, 0.25) is 0 Å². The van der Waals surface area contributed by atoms with Gasteiger partial charge in [-0.1, -0.05) is 0 Å². The molecule has 0 unspecified atom stereocenters. The Hall–Kier alpha value is -0.610. The molecule has 0 aromatic rings. The summed E-state index contributed by atoms with van der Waals surface area (Å²) in [5.74, 6) is -0.163. The molecule has 4 nitrogen and oxygen atoms in total. The minimum absolute atomic E-state index is 0.163. The molecule has 0 saturated carbocycles. The first-order chi connectivity index (χ1) is 7.81. The van der Waals surface area contributed by atoms with Gasteiger partial charge in [-0.3, -0.25) is 4.79 Å². The van der Waals surface area contributed by atoms with Crippen LogP contribution in [0.4, 0.5) is 0 Å². The van der Waals surface area contributed by atoms with E-state index < -0.39 is 5.41 Å². The highest BCUT2D eigenvalue weighted by molar-refractivity contribution is 5.75. The van der Waals surface area contributed by atoms with Gasteiger partial charge in [-0.2, -0.15) is 0 Å². The summed E-state index contributed by atoms with van der Waals surface area (Å²) in [6, 6.07) is 0.585. The monoisotopic (exact) mass is 244 g/mol. The number of hydrogen-bond donors (Lipinski definition) is 1. The van der Waals surface area contributed by atoms with Crippen molar-refractivity contribution in [2.45, 2.75) is 40.2 Å². The highest BCUT2D eigenvalue weighted by atomic mass is 16.5. The maximum atomic E-state index is 11.4. The first kappa shape index (κ1) is 16.4. The van der Waals surface area contributed by atoms with E-state index in [-0.39, 0.29) is 5.97 Å². The number of esters is 1. The number of rotatable bonds is 8. The lowest BCUT2D eigenvalue weighted by molar-refractivity contribution is -0.150. The summed E-state index contributed by atoms with van der Waals surface area (Å²) in [5.41, 5.74) is -0.446. The molecule has 0 amide bonds. The summed E-state index contributed by atoms with van der Waals surface area (Å²) in [4.78, 5) is 13.7. The zero-order valence-corrected chi connectivity index (χ0v) is 12.2. The molecule has 0 saturated heterocycles. The van der Waals surface area contributed by atoms with Gasteiger partial charge in [0.25, 0.3) is 0 Å². The number of carbonyl (C=O) groups is 1. The van der Waals surface area contributed by atoms with Crippen molar-refractivity contribution in [3.63, 3.8) is 0 Å². The van der Waals surface area contributed by atoms with Crippen LogP contribution in [0.25, 0.3) is 0 Å². The van der Waals surface area contributed by atoms with Gasteiger partial charge in [-0.15, -0.1) is 0 Å². The first-order valence-corrected chi connectivity index (χ1v) is 6.30. The molecule has 1 N–H and O–H groups in total. The van der Waals surface area contributed by atoms with Crippen LogP contribution in [0.1, 0.15) is 34.1 Å². The van der Waals surface area contributed by atoms with Crippen LogP contribution in [0.15, 0.2) is 0 Å². The van der Waals surface area contributed by atoms with E-state index in [9.17, 15) is 4.79 Å². The lowest BCUT2D eigenvalue weighted by Crippen LogP contribution is -2.38. The van der Waals surface area contributed by atoms with Crippen LogP contribution in [-0.2, 0) is 9.53 Å². The third kappa shape index (κ3) is 6.64. The number of nitrogens with zero attached hydrogens (tertiary/aromatic N) is 1. The average molecular weight is 244 g/mol. The largest absolute Gasteiger partial charge is 0.469 e. The smallest absolute Gasteiger partial charge is 0.312 e. The first-order valence-electron chi connectivity index (χ1n) is 6.30. The molecular formula is C13H28N2O2. The van der Waals surface area contributed by atoms with Crippen LogP contribution in [0.3, 0.4) is 0 Å². The van der Waals surface area contributed by atoms with E-state index in [0.29, 0.717) is 12.6 Å². The fourth-order valence-electron chi connectivity index (χ4n) is 1.46. The lowest BCUT2D eigenvalue weighted by Gasteiger charge is -2.23. The Kier molecular flexibility index (Phi) is 7.39. The number of nitrogens with one attached hydrogen (secondary N) is 1. The van der Waals surface area contributed by atoms with Gasteiger partial charge in [0.1, 0.15) is 0 Å². The normalized spacial score (nSPS) is 12.2. The zero-order chi connectivity index (χ0) is 13.5. The number of methoxy groups -OCH3 is 1. The predicted molar refractivity (Wildman–Crippen MR) is 71.0 cm³/mol. The minimum Gasteiger partial charge on any atom is -0.469 e. The van der Waals surface area contributed by atoms with Crippen molar-refractivity contribution in [3.8, 4) is 0 Å². The number of ether oxygens (including phenoxy) is 1. The van der Waals surface area contributed by atoms with Gasteiger partial charge >= 0.3 is 5.97 Å². The molecule has 0 fully saturated rings. The Bertz CT molecular complexity index is 227. The summed E-state index contributed by atoms with van der Waals surface area (Å²) < 4.78 is 4.75. The molecule has 4 heteroatoms. The van der Waals surface area contributed by atoms with Crippen molar-refractivity contribution in [2.24, 2.45) is 5.41 Å². The Morgan fingerprint density at radius 3 is 2.47 bits per heavy atom.